The van der Waals surface area contributed by atoms with Crippen LogP contribution in [0.3, 0.4) is 0 Å². The van der Waals surface area contributed by atoms with Crippen LogP contribution >= 0.6 is 0 Å². The molecule has 0 heterocycles. The molecule has 0 radical (unpaired) electrons. The molecular formula is C15H23NO2. The molecule has 3 nitrogen and oxygen atoms in total. The molecule has 0 amide bonds. The third-order valence-corrected chi connectivity index (χ3v) is 3.34. The van der Waals surface area contributed by atoms with Crippen LogP contribution in [0.5, 0.6) is 11.5 Å². The summed E-state index contributed by atoms with van der Waals surface area (Å²) in [6, 6.07) is 7.82. The molecule has 0 saturated heterocycles. The summed E-state index contributed by atoms with van der Waals surface area (Å²) >= 11 is 0. The zero-order valence-electron chi connectivity index (χ0n) is 11.4. The van der Waals surface area contributed by atoms with E-state index in [9.17, 15) is 0 Å². The Morgan fingerprint density at radius 1 is 1.17 bits per heavy atom. The van der Waals surface area contributed by atoms with E-state index in [-0.39, 0.29) is 0 Å². The maximum absolute atomic E-state index is 5.74. The smallest absolute Gasteiger partial charge is 0.161 e. The van der Waals surface area contributed by atoms with Crippen molar-refractivity contribution in [1.29, 1.82) is 0 Å². The lowest BCUT2D eigenvalue weighted by Gasteiger charge is -2.13. The zero-order valence-corrected chi connectivity index (χ0v) is 11.4. The number of rotatable bonds is 8. The van der Waals surface area contributed by atoms with Crippen LogP contribution < -0.4 is 14.8 Å². The average Bonchev–Trinajstić information content (AvgIpc) is 3.09. The summed E-state index contributed by atoms with van der Waals surface area (Å²) in [5.41, 5.74) is 0.559. The van der Waals surface area contributed by atoms with Gasteiger partial charge >= 0.3 is 0 Å². The monoisotopic (exact) mass is 249 g/mol. The topological polar surface area (TPSA) is 30.5 Å². The SMILES string of the molecule is CCOc1ccccc1OCCNCC1(C)CC1. The minimum atomic E-state index is 0.559. The van der Waals surface area contributed by atoms with Crippen molar-refractivity contribution < 1.29 is 9.47 Å². The van der Waals surface area contributed by atoms with E-state index in [1.165, 1.54) is 12.8 Å². The van der Waals surface area contributed by atoms with E-state index in [4.69, 9.17) is 9.47 Å². The summed E-state index contributed by atoms with van der Waals surface area (Å²) in [6.45, 7) is 7.64. The number of para-hydroxylation sites is 2. The van der Waals surface area contributed by atoms with Gasteiger partial charge in [-0.2, -0.15) is 0 Å². The molecule has 0 atom stereocenters. The van der Waals surface area contributed by atoms with Crippen molar-refractivity contribution in [3.8, 4) is 11.5 Å². The number of nitrogens with one attached hydrogen (secondary N) is 1. The minimum absolute atomic E-state index is 0.559. The summed E-state index contributed by atoms with van der Waals surface area (Å²) in [7, 11) is 0. The van der Waals surface area contributed by atoms with Gasteiger partial charge in [-0.3, -0.25) is 0 Å². The van der Waals surface area contributed by atoms with Gasteiger partial charge in [0.15, 0.2) is 11.5 Å². The fourth-order valence-electron chi connectivity index (χ4n) is 1.86. The van der Waals surface area contributed by atoms with Crippen molar-refractivity contribution in [3.63, 3.8) is 0 Å². The van der Waals surface area contributed by atoms with Crippen molar-refractivity contribution in [2.75, 3.05) is 26.3 Å². The molecule has 1 aliphatic rings. The van der Waals surface area contributed by atoms with Crippen molar-refractivity contribution in [2.24, 2.45) is 5.41 Å². The third kappa shape index (κ3) is 3.91. The molecule has 18 heavy (non-hydrogen) atoms. The number of benzene rings is 1. The summed E-state index contributed by atoms with van der Waals surface area (Å²) in [5, 5.41) is 3.44. The maximum atomic E-state index is 5.74. The predicted octanol–water partition coefficient (Wildman–Crippen LogP) is 2.85. The first kappa shape index (κ1) is 13.2. The Morgan fingerprint density at radius 3 is 2.44 bits per heavy atom. The molecule has 1 fully saturated rings. The van der Waals surface area contributed by atoms with Crippen LogP contribution in [0.25, 0.3) is 0 Å². The number of ether oxygens (including phenoxy) is 2. The molecule has 1 N–H and O–H groups in total. The lowest BCUT2D eigenvalue weighted by molar-refractivity contribution is 0.273. The van der Waals surface area contributed by atoms with Crippen LogP contribution in [-0.2, 0) is 0 Å². The number of hydrogen-bond acceptors (Lipinski definition) is 3. The Labute approximate surface area is 109 Å². The molecule has 0 bridgehead atoms. The minimum Gasteiger partial charge on any atom is -0.490 e. The van der Waals surface area contributed by atoms with Gasteiger partial charge in [0, 0.05) is 13.1 Å². The van der Waals surface area contributed by atoms with Gasteiger partial charge in [0.05, 0.1) is 6.61 Å². The largest absolute Gasteiger partial charge is 0.490 e. The van der Waals surface area contributed by atoms with Crippen LogP contribution in [0.4, 0.5) is 0 Å². The summed E-state index contributed by atoms with van der Waals surface area (Å²) in [4.78, 5) is 0. The van der Waals surface area contributed by atoms with Crippen molar-refractivity contribution in [2.45, 2.75) is 26.7 Å². The van der Waals surface area contributed by atoms with Crippen LogP contribution in [-0.4, -0.2) is 26.3 Å². The van der Waals surface area contributed by atoms with E-state index in [0.29, 0.717) is 18.6 Å². The van der Waals surface area contributed by atoms with Crippen molar-refractivity contribution in [1.82, 2.24) is 5.32 Å². The van der Waals surface area contributed by atoms with Gasteiger partial charge < -0.3 is 14.8 Å². The zero-order chi connectivity index (χ0) is 12.8. The highest BCUT2D eigenvalue weighted by Crippen LogP contribution is 2.43. The van der Waals surface area contributed by atoms with Crippen molar-refractivity contribution >= 4 is 0 Å². The van der Waals surface area contributed by atoms with Gasteiger partial charge in [-0.15, -0.1) is 0 Å². The second kappa shape index (κ2) is 6.10. The van der Waals surface area contributed by atoms with Gasteiger partial charge in [0.25, 0.3) is 0 Å². The normalized spacial score (nSPS) is 16.3. The van der Waals surface area contributed by atoms with E-state index in [2.05, 4.69) is 12.2 Å². The van der Waals surface area contributed by atoms with E-state index in [1.807, 2.05) is 31.2 Å². The first-order chi connectivity index (χ1) is 8.73. The van der Waals surface area contributed by atoms with Gasteiger partial charge in [0.2, 0.25) is 0 Å². The average molecular weight is 249 g/mol. The second-order valence-electron chi connectivity index (χ2n) is 5.22. The fourth-order valence-corrected chi connectivity index (χ4v) is 1.86. The highest BCUT2D eigenvalue weighted by molar-refractivity contribution is 5.39. The van der Waals surface area contributed by atoms with Gasteiger partial charge in [-0.05, 0) is 37.3 Å². The number of hydrogen-bond donors (Lipinski definition) is 1. The quantitative estimate of drug-likeness (QED) is 0.719. The maximum Gasteiger partial charge on any atom is 0.161 e. The first-order valence-electron chi connectivity index (χ1n) is 6.79. The molecule has 0 spiro atoms. The van der Waals surface area contributed by atoms with Crippen LogP contribution in [0, 0.1) is 5.41 Å². The first-order valence-corrected chi connectivity index (χ1v) is 6.79. The summed E-state index contributed by atoms with van der Waals surface area (Å²) in [6.07, 6.45) is 2.71. The lowest BCUT2D eigenvalue weighted by Crippen LogP contribution is -2.26. The molecule has 1 aliphatic carbocycles. The molecule has 2 rings (SSSR count). The second-order valence-corrected chi connectivity index (χ2v) is 5.22. The standard InChI is InChI=1S/C15H23NO2/c1-3-17-13-6-4-5-7-14(13)18-11-10-16-12-15(2)8-9-15/h4-7,16H,3,8-12H2,1-2H3. The Hall–Kier alpha value is -1.22. The van der Waals surface area contributed by atoms with Crippen LogP contribution in [0.2, 0.25) is 0 Å². The highest BCUT2D eigenvalue weighted by Gasteiger charge is 2.36. The molecule has 0 aliphatic heterocycles. The third-order valence-electron chi connectivity index (χ3n) is 3.34. The molecule has 1 saturated carbocycles. The molecule has 1 aromatic carbocycles. The van der Waals surface area contributed by atoms with E-state index >= 15 is 0 Å². The fraction of sp³-hybridized carbons (Fsp3) is 0.600. The molecule has 0 unspecified atom stereocenters. The van der Waals surface area contributed by atoms with E-state index in [1.54, 1.807) is 0 Å². The van der Waals surface area contributed by atoms with E-state index in [0.717, 1.165) is 24.6 Å². The Kier molecular flexibility index (Phi) is 4.48. The Balaban J connectivity index is 1.69. The molecule has 100 valence electrons. The molecule has 3 heteroatoms. The summed E-state index contributed by atoms with van der Waals surface area (Å²) < 4.78 is 11.3. The van der Waals surface area contributed by atoms with Gasteiger partial charge in [-0.25, -0.2) is 0 Å². The highest BCUT2D eigenvalue weighted by atomic mass is 16.5. The predicted molar refractivity (Wildman–Crippen MR) is 73.3 cm³/mol. The summed E-state index contributed by atoms with van der Waals surface area (Å²) in [5.74, 6) is 1.66. The molecule has 1 aromatic rings. The van der Waals surface area contributed by atoms with Gasteiger partial charge in [-0.1, -0.05) is 19.1 Å². The Bertz CT molecular complexity index is 375. The van der Waals surface area contributed by atoms with Gasteiger partial charge in [0.1, 0.15) is 6.61 Å². The van der Waals surface area contributed by atoms with E-state index < -0.39 is 0 Å². The van der Waals surface area contributed by atoms with Crippen LogP contribution in [0.15, 0.2) is 24.3 Å². The van der Waals surface area contributed by atoms with Crippen molar-refractivity contribution in [3.05, 3.63) is 24.3 Å². The lowest BCUT2D eigenvalue weighted by atomic mass is 10.1. The Morgan fingerprint density at radius 2 is 1.83 bits per heavy atom. The molecule has 0 aromatic heterocycles. The van der Waals surface area contributed by atoms with Crippen LogP contribution in [0.1, 0.15) is 26.7 Å². The molecular weight excluding hydrogens is 226 g/mol.